The number of urea groups is 1. The molecular weight excluding hydrogens is 318 g/mol. The second-order valence-electron chi connectivity index (χ2n) is 6.00. The molecule has 7 heteroatoms. The third-order valence-corrected chi connectivity index (χ3v) is 4.23. The molecule has 0 bridgehead atoms. The van der Waals surface area contributed by atoms with Crippen molar-refractivity contribution >= 4 is 29.2 Å². The lowest BCUT2D eigenvalue weighted by atomic mass is 10.2. The zero-order chi connectivity index (χ0) is 16.4. The van der Waals surface area contributed by atoms with Crippen molar-refractivity contribution in [2.24, 2.45) is 0 Å². The molecule has 1 aromatic carbocycles. The molecule has 1 heterocycles. The molecule has 0 radical (unpaired) electrons. The maximum absolute atomic E-state index is 12.3. The van der Waals surface area contributed by atoms with Gasteiger partial charge < -0.3 is 20.3 Å². The molecule has 23 heavy (non-hydrogen) atoms. The van der Waals surface area contributed by atoms with Crippen LogP contribution in [0.5, 0.6) is 0 Å². The van der Waals surface area contributed by atoms with Crippen LogP contribution in [0.15, 0.2) is 18.2 Å². The average Bonchev–Trinajstić information content (AvgIpc) is 3.33. The van der Waals surface area contributed by atoms with Gasteiger partial charge in [-0.1, -0.05) is 11.6 Å². The van der Waals surface area contributed by atoms with E-state index in [0.29, 0.717) is 36.0 Å². The number of hydrogen-bond donors (Lipinski definition) is 2. The fourth-order valence-electron chi connectivity index (χ4n) is 2.47. The predicted molar refractivity (Wildman–Crippen MR) is 87.9 cm³/mol. The monoisotopic (exact) mass is 337 g/mol. The van der Waals surface area contributed by atoms with Crippen molar-refractivity contribution in [2.45, 2.75) is 31.9 Å². The fraction of sp³-hybridized carbons (Fsp3) is 0.500. The molecule has 1 atom stereocenters. The molecule has 1 saturated heterocycles. The average molecular weight is 338 g/mol. The van der Waals surface area contributed by atoms with E-state index < -0.39 is 0 Å². The van der Waals surface area contributed by atoms with E-state index >= 15 is 0 Å². The Labute approximate surface area is 140 Å². The summed E-state index contributed by atoms with van der Waals surface area (Å²) in [4.78, 5) is 26.2. The van der Waals surface area contributed by atoms with Crippen LogP contribution < -0.4 is 10.6 Å². The van der Waals surface area contributed by atoms with Gasteiger partial charge in [-0.15, -0.1) is 0 Å². The van der Waals surface area contributed by atoms with Crippen molar-refractivity contribution in [3.05, 3.63) is 28.8 Å². The Hall–Kier alpha value is -1.79. The summed E-state index contributed by atoms with van der Waals surface area (Å²) in [5, 5.41) is 6.09. The second kappa shape index (κ2) is 6.76. The first kappa shape index (κ1) is 16.1. The summed E-state index contributed by atoms with van der Waals surface area (Å²) < 4.78 is 5.43. The van der Waals surface area contributed by atoms with Gasteiger partial charge in [0, 0.05) is 24.8 Å². The maximum atomic E-state index is 12.3. The molecule has 2 fully saturated rings. The minimum atomic E-state index is -0.200. The molecule has 0 aromatic heterocycles. The summed E-state index contributed by atoms with van der Waals surface area (Å²) in [7, 11) is 0. The molecule has 6 nitrogen and oxygen atoms in total. The van der Waals surface area contributed by atoms with Crippen LogP contribution in [0.3, 0.4) is 0 Å². The summed E-state index contributed by atoms with van der Waals surface area (Å²) in [6, 6.07) is 4.99. The topological polar surface area (TPSA) is 70.7 Å². The smallest absolute Gasteiger partial charge is 0.322 e. The highest BCUT2D eigenvalue weighted by Gasteiger charge is 2.25. The quantitative estimate of drug-likeness (QED) is 0.890. The molecule has 1 aromatic rings. The van der Waals surface area contributed by atoms with Gasteiger partial charge in [0.1, 0.15) is 0 Å². The van der Waals surface area contributed by atoms with Crippen molar-refractivity contribution in [3.8, 4) is 0 Å². The molecule has 1 saturated carbocycles. The van der Waals surface area contributed by atoms with Crippen LogP contribution in [0, 0.1) is 0 Å². The first-order chi connectivity index (χ1) is 11.0. The first-order valence-electron chi connectivity index (χ1n) is 7.81. The molecule has 1 unspecified atom stereocenters. The van der Waals surface area contributed by atoms with Gasteiger partial charge in [-0.25, -0.2) is 4.79 Å². The Kier molecular flexibility index (Phi) is 4.73. The highest BCUT2D eigenvalue weighted by molar-refractivity contribution is 6.34. The lowest BCUT2D eigenvalue weighted by molar-refractivity contribution is -0.00138. The summed E-state index contributed by atoms with van der Waals surface area (Å²) in [6.07, 6.45) is 2.05. The van der Waals surface area contributed by atoms with Gasteiger partial charge in [0.15, 0.2) is 0 Å². The van der Waals surface area contributed by atoms with E-state index in [1.54, 1.807) is 23.1 Å². The number of nitrogens with zero attached hydrogens (tertiary/aromatic N) is 1. The van der Waals surface area contributed by atoms with E-state index in [9.17, 15) is 9.59 Å². The molecule has 3 amide bonds. The molecule has 1 aliphatic carbocycles. The number of carbonyl (C=O) groups is 2. The van der Waals surface area contributed by atoms with Crippen LogP contribution in [0.1, 0.15) is 30.1 Å². The molecule has 0 spiro atoms. The summed E-state index contributed by atoms with van der Waals surface area (Å²) in [5.74, 6) is -0.200. The third-order valence-electron chi connectivity index (χ3n) is 3.90. The van der Waals surface area contributed by atoms with Crippen molar-refractivity contribution in [3.63, 3.8) is 0 Å². The number of nitrogens with one attached hydrogen (secondary N) is 2. The Morgan fingerprint density at radius 1 is 1.35 bits per heavy atom. The number of morpholine rings is 1. The van der Waals surface area contributed by atoms with Crippen LogP contribution >= 0.6 is 11.6 Å². The van der Waals surface area contributed by atoms with Gasteiger partial charge in [0.25, 0.3) is 5.91 Å². The van der Waals surface area contributed by atoms with Crippen LogP contribution in [-0.4, -0.2) is 48.7 Å². The Morgan fingerprint density at radius 3 is 2.83 bits per heavy atom. The SMILES string of the molecule is CC1CN(C(=O)Nc2ccc(Cl)c(C(=O)NC3CC3)c2)CCO1. The van der Waals surface area contributed by atoms with E-state index in [2.05, 4.69) is 10.6 Å². The molecule has 3 rings (SSSR count). The number of hydrogen-bond acceptors (Lipinski definition) is 3. The van der Waals surface area contributed by atoms with E-state index in [4.69, 9.17) is 16.3 Å². The number of anilines is 1. The Bertz CT molecular complexity index is 619. The number of benzene rings is 1. The van der Waals surface area contributed by atoms with Gasteiger partial charge in [-0.05, 0) is 38.0 Å². The number of carbonyl (C=O) groups excluding carboxylic acids is 2. The van der Waals surface area contributed by atoms with Crippen molar-refractivity contribution in [1.29, 1.82) is 0 Å². The Balaban J connectivity index is 1.67. The molecule has 124 valence electrons. The standard InChI is InChI=1S/C16H20ClN3O3/c1-10-9-20(6-7-23-10)16(22)19-12-4-5-14(17)13(8-12)15(21)18-11-2-3-11/h4-5,8,10-11H,2-3,6-7,9H2,1H3,(H,18,21)(H,19,22). The Morgan fingerprint density at radius 2 is 2.13 bits per heavy atom. The van der Waals surface area contributed by atoms with Gasteiger partial charge in [-0.3, -0.25) is 4.79 Å². The van der Waals surface area contributed by atoms with Crippen LogP contribution in [-0.2, 0) is 4.74 Å². The van der Waals surface area contributed by atoms with Crippen LogP contribution in [0.2, 0.25) is 5.02 Å². The normalized spacial score (nSPS) is 21.0. The molecular formula is C16H20ClN3O3. The van der Waals surface area contributed by atoms with Crippen LogP contribution in [0.4, 0.5) is 10.5 Å². The van der Waals surface area contributed by atoms with E-state index in [0.717, 1.165) is 12.8 Å². The van der Waals surface area contributed by atoms with Crippen molar-refractivity contribution in [2.75, 3.05) is 25.0 Å². The summed E-state index contributed by atoms with van der Waals surface area (Å²) in [6.45, 7) is 3.57. The van der Waals surface area contributed by atoms with E-state index in [1.165, 1.54) is 0 Å². The lowest BCUT2D eigenvalue weighted by Crippen LogP contribution is -2.46. The minimum absolute atomic E-state index is 0.0274. The zero-order valence-corrected chi connectivity index (χ0v) is 13.7. The van der Waals surface area contributed by atoms with Gasteiger partial charge in [-0.2, -0.15) is 0 Å². The highest BCUT2D eigenvalue weighted by Crippen LogP contribution is 2.24. The van der Waals surface area contributed by atoms with Crippen molar-refractivity contribution < 1.29 is 14.3 Å². The number of rotatable bonds is 3. The molecule has 2 N–H and O–H groups in total. The first-order valence-corrected chi connectivity index (χ1v) is 8.18. The second-order valence-corrected chi connectivity index (χ2v) is 6.41. The summed E-state index contributed by atoms with van der Waals surface area (Å²) in [5.41, 5.74) is 0.936. The maximum Gasteiger partial charge on any atom is 0.322 e. The molecule has 2 aliphatic rings. The van der Waals surface area contributed by atoms with E-state index in [-0.39, 0.29) is 24.1 Å². The van der Waals surface area contributed by atoms with Gasteiger partial charge in [0.05, 0.1) is 23.3 Å². The van der Waals surface area contributed by atoms with Gasteiger partial charge >= 0.3 is 6.03 Å². The summed E-state index contributed by atoms with van der Waals surface area (Å²) >= 11 is 6.10. The van der Waals surface area contributed by atoms with E-state index in [1.807, 2.05) is 6.92 Å². The number of ether oxygens (including phenoxy) is 1. The molecule has 1 aliphatic heterocycles. The zero-order valence-electron chi connectivity index (χ0n) is 13.0. The van der Waals surface area contributed by atoms with Crippen molar-refractivity contribution in [1.82, 2.24) is 10.2 Å². The predicted octanol–water partition coefficient (Wildman–Crippen LogP) is 2.48. The largest absolute Gasteiger partial charge is 0.375 e. The van der Waals surface area contributed by atoms with Crippen LogP contribution in [0.25, 0.3) is 0 Å². The number of halogens is 1. The number of amides is 3. The van der Waals surface area contributed by atoms with Gasteiger partial charge in [0.2, 0.25) is 0 Å². The lowest BCUT2D eigenvalue weighted by Gasteiger charge is -2.31. The highest BCUT2D eigenvalue weighted by atomic mass is 35.5. The third kappa shape index (κ3) is 4.14. The minimum Gasteiger partial charge on any atom is -0.375 e. The fourth-order valence-corrected chi connectivity index (χ4v) is 2.68.